The van der Waals surface area contributed by atoms with E-state index in [0.29, 0.717) is 35.5 Å². The molecule has 0 bridgehead atoms. The molecule has 1 saturated carbocycles. The second-order valence-corrected chi connectivity index (χ2v) is 7.69. The van der Waals surface area contributed by atoms with Crippen molar-refractivity contribution in [1.82, 2.24) is 15.0 Å². The van der Waals surface area contributed by atoms with Crippen LogP contribution in [0.15, 0.2) is 42.7 Å². The van der Waals surface area contributed by atoms with Crippen LogP contribution in [0.1, 0.15) is 24.0 Å². The van der Waals surface area contributed by atoms with Crippen LogP contribution in [0, 0.1) is 6.92 Å². The fraction of sp³-hybridized carbons (Fsp3) is 0.273. The van der Waals surface area contributed by atoms with Crippen molar-refractivity contribution in [2.24, 2.45) is 0 Å². The molecule has 1 aromatic carbocycles. The highest BCUT2D eigenvalue weighted by atomic mass is 19.3. The first-order valence-corrected chi connectivity index (χ1v) is 9.85. The number of pyridine rings is 1. The molecule has 0 saturated heterocycles. The van der Waals surface area contributed by atoms with Gasteiger partial charge in [0.2, 0.25) is 5.91 Å². The molecule has 1 N–H and O–H groups in total. The summed E-state index contributed by atoms with van der Waals surface area (Å²) in [7, 11) is 1.48. The molecular formula is C22H18F2N4O4. The van der Waals surface area contributed by atoms with Gasteiger partial charge in [-0.25, -0.2) is 15.0 Å². The topological polar surface area (TPSA) is 95.5 Å². The van der Waals surface area contributed by atoms with Gasteiger partial charge in [-0.05, 0) is 49.1 Å². The van der Waals surface area contributed by atoms with Gasteiger partial charge >= 0.3 is 12.3 Å². The molecule has 5 rings (SSSR count). The van der Waals surface area contributed by atoms with Crippen molar-refractivity contribution < 1.29 is 27.8 Å². The third-order valence-electron chi connectivity index (χ3n) is 5.56. The molecule has 0 atom stereocenters. The number of anilines is 1. The largest absolute Gasteiger partial charge is 0.586 e. The van der Waals surface area contributed by atoms with Crippen LogP contribution >= 0.6 is 0 Å². The lowest BCUT2D eigenvalue weighted by Crippen LogP contribution is -2.28. The van der Waals surface area contributed by atoms with E-state index in [4.69, 9.17) is 4.74 Å². The van der Waals surface area contributed by atoms with E-state index in [0.717, 1.165) is 5.56 Å². The summed E-state index contributed by atoms with van der Waals surface area (Å²) < 4.78 is 40.6. The van der Waals surface area contributed by atoms with Crippen molar-refractivity contribution >= 4 is 11.7 Å². The fourth-order valence-corrected chi connectivity index (χ4v) is 3.69. The number of ether oxygens (including phenoxy) is 3. The number of hydrogen-bond acceptors (Lipinski definition) is 7. The molecule has 10 heteroatoms. The first-order chi connectivity index (χ1) is 15.3. The average Bonchev–Trinajstić information content (AvgIpc) is 3.52. The van der Waals surface area contributed by atoms with Gasteiger partial charge in [0.15, 0.2) is 11.5 Å². The maximum Gasteiger partial charge on any atom is 0.586 e. The van der Waals surface area contributed by atoms with Crippen LogP contribution < -0.4 is 19.5 Å². The van der Waals surface area contributed by atoms with Crippen LogP contribution in [-0.4, -0.2) is 34.3 Å². The van der Waals surface area contributed by atoms with Crippen LogP contribution in [0.2, 0.25) is 0 Å². The maximum absolute atomic E-state index is 13.3. The Kier molecular flexibility index (Phi) is 4.47. The van der Waals surface area contributed by atoms with Gasteiger partial charge in [-0.2, -0.15) is 0 Å². The monoisotopic (exact) mass is 440 g/mol. The minimum atomic E-state index is -3.70. The number of aromatic nitrogens is 3. The zero-order valence-corrected chi connectivity index (χ0v) is 17.2. The van der Waals surface area contributed by atoms with Crippen molar-refractivity contribution in [1.29, 1.82) is 0 Å². The molecular weight excluding hydrogens is 422 g/mol. The van der Waals surface area contributed by atoms with Crippen molar-refractivity contribution in [2.75, 3.05) is 12.4 Å². The minimum absolute atomic E-state index is 0.0542. The molecule has 0 spiro atoms. The van der Waals surface area contributed by atoms with Gasteiger partial charge in [0.25, 0.3) is 0 Å². The molecule has 3 aromatic rings. The van der Waals surface area contributed by atoms with E-state index >= 15 is 0 Å². The van der Waals surface area contributed by atoms with E-state index in [-0.39, 0.29) is 23.4 Å². The molecule has 0 unspecified atom stereocenters. The van der Waals surface area contributed by atoms with Gasteiger partial charge in [0.1, 0.15) is 5.82 Å². The summed E-state index contributed by atoms with van der Waals surface area (Å²) in [6, 6.07) is 8.23. The number of benzene rings is 1. The number of nitrogens with one attached hydrogen (secondary N) is 1. The lowest BCUT2D eigenvalue weighted by molar-refractivity contribution is -0.286. The Labute approximate surface area is 181 Å². The SMILES string of the molecule is COc1ncc(-c2nc(NC(=O)C3(c4ccc5c(c4)OC(F)(F)O5)CC3)ccc2C)cn1. The number of fused-ring (bicyclic) bond motifs is 1. The molecule has 1 amide bonds. The van der Waals surface area contributed by atoms with Gasteiger partial charge in [-0.1, -0.05) is 12.1 Å². The number of rotatable bonds is 5. The number of carbonyl (C=O) groups is 1. The van der Waals surface area contributed by atoms with Crippen LogP contribution in [0.3, 0.4) is 0 Å². The lowest BCUT2D eigenvalue weighted by Gasteiger charge is -2.16. The van der Waals surface area contributed by atoms with E-state index in [1.54, 1.807) is 24.5 Å². The third-order valence-corrected chi connectivity index (χ3v) is 5.56. The molecule has 2 aromatic heterocycles. The molecule has 1 aliphatic carbocycles. The summed E-state index contributed by atoms with van der Waals surface area (Å²) in [5.74, 6) is -0.0373. The Bertz CT molecular complexity index is 1210. The van der Waals surface area contributed by atoms with Crippen LogP contribution in [0.4, 0.5) is 14.6 Å². The van der Waals surface area contributed by atoms with Crippen LogP contribution in [0.5, 0.6) is 17.5 Å². The smallest absolute Gasteiger partial charge is 0.467 e. The number of hydrogen-bond donors (Lipinski definition) is 1. The van der Waals surface area contributed by atoms with Gasteiger partial charge in [0, 0.05) is 18.0 Å². The van der Waals surface area contributed by atoms with Gasteiger partial charge in [-0.3, -0.25) is 4.79 Å². The van der Waals surface area contributed by atoms with Crippen LogP contribution in [0.25, 0.3) is 11.3 Å². The van der Waals surface area contributed by atoms with E-state index < -0.39 is 11.7 Å². The van der Waals surface area contributed by atoms with Crippen LogP contribution in [-0.2, 0) is 10.2 Å². The van der Waals surface area contributed by atoms with Gasteiger partial charge < -0.3 is 19.5 Å². The molecule has 32 heavy (non-hydrogen) atoms. The first-order valence-electron chi connectivity index (χ1n) is 9.85. The quantitative estimate of drug-likeness (QED) is 0.644. The Morgan fingerprint density at radius 2 is 1.81 bits per heavy atom. The zero-order chi connectivity index (χ0) is 22.5. The fourth-order valence-electron chi connectivity index (χ4n) is 3.69. The van der Waals surface area contributed by atoms with E-state index in [1.165, 1.54) is 19.2 Å². The summed E-state index contributed by atoms with van der Waals surface area (Å²) in [6.07, 6.45) is 0.655. The number of carbonyl (C=O) groups excluding carboxylic acids is 1. The Morgan fingerprint density at radius 3 is 2.50 bits per heavy atom. The first kappa shape index (κ1) is 20.1. The number of aryl methyl sites for hydroxylation is 1. The van der Waals surface area contributed by atoms with E-state index in [1.807, 2.05) is 13.0 Å². The number of nitrogens with zero attached hydrogens (tertiary/aromatic N) is 3. The maximum atomic E-state index is 13.3. The molecule has 2 aliphatic rings. The average molecular weight is 440 g/mol. The Hall–Kier alpha value is -3.82. The summed E-state index contributed by atoms with van der Waals surface area (Å²) >= 11 is 0. The normalized spacial score (nSPS) is 17.0. The van der Waals surface area contributed by atoms with Crippen molar-refractivity contribution in [2.45, 2.75) is 31.5 Å². The van der Waals surface area contributed by atoms with Crippen molar-refractivity contribution in [3.63, 3.8) is 0 Å². The molecule has 1 aliphatic heterocycles. The second kappa shape index (κ2) is 7.11. The predicted molar refractivity (Wildman–Crippen MR) is 109 cm³/mol. The Balaban J connectivity index is 1.38. The van der Waals surface area contributed by atoms with Crippen molar-refractivity contribution in [3.8, 4) is 28.8 Å². The van der Waals surface area contributed by atoms with Crippen molar-refractivity contribution in [3.05, 3.63) is 53.9 Å². The zero-order valence-electron chi connectivity index (χ0n) is 17.2. The highest BCUT2D eigenvalue weighted by Crippen LogP contribution is 2.52. The molecule has 164 valence electrons. The molecule has 8 nitrogen and oxygen atoms in total. The number of methoxy groups -OCH3 is 1. The van der Waals surface area contributed by atoms with Gasteiger partial charge in [-0.15, -0.1) is 8.78 Å². The summed E-state index contributed by atoms with van der Waals surface area (Å²) in [4.78, 5) is 25.9. The standard InChI is InChI=1S/C22H18F2N4O4/c1-12-3-6-17(27-18(12)13-10-25-20(30-2)26-11-13)28-19(29)21(7-8-21)14-4-5-15-16(9-14)32-22(23,24)31-15/h3-6,9-11H,7-8H2,1-2H3,(H,27,28,29). The highest BCUT2D eigenvalue weighted by molar-refractivity contribution is 6.01. The highest BCUT2D eigenvalue weighted by Gasteiger charge is 2.53. The van der Waals surface area contributed by atoms with E-state index in [9.17, 15) is 13.6 Å². The Morgan fingerprint density at radius 1 is 1.09 bits per heavy atom. The lowest BCUT2D eigenvalue weighted by atomic mass is 9.94. The summed E-state index contributed by atoms with van der Waals surface area (Å²) in [5.41, 5.74) is 1.95. The van der Waals surface area contributed by atoms with Gasteiger partial charge in [0.05, 0.1) is 18.2 Å². The number of amides is 1. The molecule has 3 heterocycles. The number of alkyl halides is 2. The molecule has 1 fully saturated rings. The summed E-state index contributed by atoms with van der Waals surface area (Å²) in [5, 5.41) is 2.85. The summed E-state index contributed by atoms with van der Waals surface area (Å²) in [6.45, 7) is 1.89. The number of halogens is 2. The molecule has 0 radical (unpaired) electrons. The minimum Gasteiger partial charge on any atom is -0.467 e. The second-order valence-electron chi connectivity index (χ2n) is 7.69. The predicted octanol–water partition coefficient (Wildman–Crippen LogP) is 3.85. The van der Waals surface area contributed by atoms with E-state index in [2.05, 4.69) is 29.7 Å². The third kappa shape index (κ3) is 3.47.